The molecule has 2 N–H and O–H groups in total. The van der Waals surface area contributed by atoms with E-state index in [4.69, 9.17) is 5.73 Å². The molecule has 106 valence electrons. The second kappa shape index (κ2) is 6.29. The van der Waals surface area contributed by atoms with Gasteiger partial charge in [0.05, 0.1) is 0 Å². The molecule has 1 fully saturated rings. The van der Waals surface area contributed by atoms with E-state index in [1.165, 1.54) is 29.7 Å². The Morgan fingerprint density at radius 1 is 1.47 bits per heavy atom. The molecule has 0 amide bonds. The fraction of sp³-hybridized carbons (Fsp3) is 0.625. The summed E-state index contributed by atoms with van der Waals surface area (Å²) in [5.74, 6) is 1.28. The number of hydrogen-bond acceptors (Lipinski definition) is 3. The van der Waals surface area contributed by atoms with E-state index in [0.29, 0.717) is 5.25 Å². The second-order valence-electron chi connectivity index (χ2n) is 5.77. The van der Waals surface area contributed by atoms with Gasteiger partial charge in [0.1, 0.15) is 0 Å². The maximum absolute atomic E-state index is 6.16. The lowest BCUT2D eigenvalue weighted by atomic mass is 9.87. The standard InChI is InChI=1S/C16H26N2S/c1-13-6-4-7-15(10-13)11-18(3)16(12-17)8-5-9-19-14(16)2/h4,6-7,10,14H,5,8-9,11-12,17H2,1-3H3. The molecule has 2 atom stereocenters. The minimum atomic E-state index is 0.159. The van der Waals surface area contributed by atoms with Crippen LogP contribution in [0.3, 0.4) is 0 Å². The van der Waals surface area contributed by atoms with Crippen LogP contribution < -0.4 is 5.73 Å². The van der Waals surface area contributed by atoms with Crippen LogP contribution in [0.2, 0.25) is 0 Å². The molecule has 1 aromatic carbocycles. The number of hydrogen-bond donors (Lipinski definition) is 1. The lowest BCUT2D eigenvalue weighted by Gasteiger charge is -2.48. The molecule has 1 heterocycles. The van der Waals surface area contributed by atoms with Crippen LogP contribution in [0.4, 0.5) is 0 Å². The van der Waals surface area contributed by atoms with Crippen molar-refractivity contribution in [2.45, 2.75) is 44.0 Å². The van der Waals surface area contributed by atoms with E-state index < -0.39 is 0 Å². The Morgan fingerprint density at radius 3 is 2.89 bits per heavy atom. The van der Waals surface area contributed by atoms with Gasteiger partial charge in [0.15, 0.2) is 0 Å². The zero-order chi connectivity index (χ0) is 13.9. The smallest absolute Gasteiger partial charge is 0.0448 e. The average molecular weight is 278 g/mol. The fourth-order valence-electron chi connectivity index (χ4n) is 3.16. The first-order valence-electron chi connectivity index (χ1n) is 7.17. The third kappa shape index (κ3) is 3.15. The highest BCUT2D eigenvalue weighted by molar-refractivity contribution is 8.00. The van der Waals surface area contributed by atoms with E-state index in [9.17, 15) is 0 Å². The number of rotatable bonds is 4. The van der Waals surface area contributed by atoms with E-state index >= 15 is 0 Å². The SMILES string of the molecule is Cc1cccc(CN(C)C2(CN)CCCSC2C)c1. The van der Waals surface area contributed by atoms with Crippen LogP contribution in [0.1, 0.15) is 30.9 Å². The molecular formula is C16H26N2S. The van der Waals surface area contributed by atoms with Crippen molar-refractivity contribution in [2.24, 2.45) is 5.73 Å². The lowest BCUT2D eigenvalue weighted by molar-refractivity contribution is 0.104. The van der Waals surface area contributed by atoms with E-state index in [2.05, 4.69) is 61.8 Å². The second-order valence-corrected chi connectivity index (χ2v) is 7.22. The Balaban J connectivity index is 2.14. The van der Waals surface area contributed by atoms with Gasteiger partial charge < -0.3 is 5.73 Å². The van der Waals surface area contributed by atoms with Gasteiger partial charge in [-0.2, -0.15) is 11.8 Å². The van der Waals surface area contributed by atoms with Gasteiger partial charge in [-0.3, -0.25) is 4.90 Å². The third-order valence-electron chi connectivity index (χ3n) is 4.49. The van der Waals surface area contributed by atoms with Gasteiger partial charge in [-0.15, -0.1) is 0 Å². The largest absolute Gasteiger partial charge is 0.329 e. The summed E-state index contributed by atoms with van der Waals surface area (Å²) in [5.41, 5.74) is 9.04. The first-order valence-corrected chi connectivity index (χ1v) is 8.22. The van der Waals surface area contributed by atoms with Crippen LogP contribution >= 0.6 is 11.8 Å². The van der Waals surface area contributed by atoms with E-state index in [0.717, 1.165) is 13.1 Å². The summed E-state index contributed by atoms with van der Waals surface area (Å²) < 4.78 is 0. The van der Waals surface area contributed by atoms with Crippen molar-refractivity contribution in [3.63, 3.8) is 0 Å². The van der Waals surface area contributed by atoms with Gasteiger partial charge in [0.2, 0.25) is 0 Å². The molecule has 2 unspecified atom stereocenters. The normalized spacial score (nSPS) is 27.7. The highest BCUT2D eigenvalue weighted by atomic mass is 32.2. The summed E-state index contributed by atoms with van der Waals surface area (Å²) in [5, 5.41) is 0.612. The molecule has 0 radical (unpaired) electrons. The topological polar surface area (TPSA) is 29.3 Å². The van der Waals surface area contributed by atoms with Crippen LogP contribution in [0.25, 0.3) is 0 Å². The molecule has 0 aromatic heterocycles. The molecule has 0 bridgehead atoms. The molecule has 19 heavy (non-hydrogen) atoms. The van der Waals surface area contributed by atoms with E-state index in [1.807, 2.05) is 0 Å². The summed E-state index contributed by atoms with van der Waals surface area (Å²) >= 11 is 2.07. The highest BCUT2D eigenvalue weighted by Crippen LogP contribution is 2.37. The molecule has 0 spiro atoms. The van der Waals surface area contributed by atoms with Crippen molar-refractivity contribution in [2.75, 3.05) is 19.3 Å². The number of benzene rings is 1. The minimum absolute atomic E-state index is 0.159. The first-order chi connectivity index (χ1) is 9.08. The number of nitrogens with two attached hydrogens (primary N) is 1. The Morgan fingerprint density at radius 2 is 2.26 bits per heavy atom. The van der Waals surface area contributed by atoms with Crippen LogP contribution in [0, 0.1) is 6.92 Å². The number of nitrogens with zero attached hydrogens (tertiary/aromatic N) is 1. The molecule has 1 aromatic rings. The molecule has 2 nitrogen and oxygen atoms in total. The fourth-order valence-corrected chi connectivity index (χ4v) is 4.53. The Kier molecular flexibility index (Phi) is 4.93. The Bertz CT molecular complexity index is 421. The molecular weight excluding hydrogens is 252 g/mol. The maximum atomic E-state index is 6.16. The number of aryl methyl sites for hydroxylation is 1. The average Bonchev–Trinajstić information content (AvgIpc) is 2.39. The summed E-state index contributed by atoms with van der Waals surface area (Å²) in [6.07, 6.45) is 2.50. The van der Waals surface area contributed by atoms with Crippen molar-refractivity contribution in [1.82, 2.24) is 4.90 Å². The summed E-state index contributed by atoms with van der Waals surface area (Å²) in [6.45, 7) is 6.23. The molecule has 1 aliphatic rings. The zero-order valence-corrected chi connectivity index (χ0v) is 13.2. The van der Waals surface area contributed by atoms with Gasteiger partial charge in [-0.25, -0.2) is 0 Å². The van der Waals surface area contributed by atoms with Gasteiger partial charge in [0, 0.05) is 23.9 Å². The molecule has 1 saturated heterocycles. The minimum Gasteiger partial charge on any atom is -0.329 e. The molecule has 0 aliphatic carbocycles. The Labute approximate surface area is 121 Å². The predicted molar refractivity (Wildman–Crippen MR) is 85.6 cm³/mol. The number of likely N-dealkylation sites (N-methyl/N-ethyl adjacent to an activating group) is 1. The molecule has 0 saturated carbocycles. The van der Waals surface area contributed by atoms with Crippen LogP contribution in [-0.4, -0.2) is 35.0 Å². The van der Waals surface area contributed by atoms with Crippen molar-refractivity contribution >= 4 is 11.8 Å². The summed E-state index contributed by atoms with van der Waals surface area (Å²) in [4.78, 5) is 2.48. The molecule has 3 heteroatoms. The molecule has 2 rings (SSSR count). The van der Waals surface area contributed by atoms with Gasteiger partial charge >= 0.3 is 0 Å². The van der Waals surface area contributed by atoms with Crippen molar-refractivity contribution in [3.8, 4) is 0 Å². The summed E-state index contributed by atoms with van der Waals surface area (Å²) in [7, 11) is 2.23. The van der Waals surface area contributed by atoms with E-state index in [-0.39, 0.29) is 5.54 Å². The van der Waals surface area contributed by atoms with Crippen molar-refractivity contribution in [1.29, 1.82) is 0 Å². The van der Waals surface area contributed by atoms with Gasteiger partial charge in [-0.05, 0) is 38.1 Å². The number of thioether (sulfide) groups is 1. The highest BCUT2D eigenvalue weighted by Gasteiger charge is 2.40. The third-order valence-corrected chi connectivity index (χ3v) is 5.96. The maximum Gasteiger partial charge on any atom is 0.0448 e. The molecule has 1 aliphatic heterocycles. The van der Waals surface area contributed by atoms with Crippen LogP contribution in [0.5, 0.6) is 0 Å². The monoisotopic (exact) mass is 278 g/mol. The van der Waals surface area contributed by atoms with Crippen LogP contribution in [-0.2, 0) is 6.54 Å². The van der Waals surface area contributed by atoms with Gasteiger partial charge in [0.25, 0.3) is 0 Å². The van der Waals surface area contributed by atoms with E-state index in [1.54, 1.807) is 0 Å². The quantitative estimate of drug-likeness (QED) is 0.918. The van der Waals surface area contributed by atoms with Gasteiger partial charge in [-0.1, -0.05) is 36.8 Å². The van der Waals surface area contributed by atoms with Crippen LogP contribution in [0.15, 0.2) is 24.3 Å². The Hall–Kier alpha value is -0.510. The predicted octanol–water partition coefficient (Wildman–Crippen LogP) is 3.04. The lowest BCUT2D eigenvalue weighted by Crippen LogP contribution is -2.59. The zero-order valence-electron chi connectivity index (χ0n) is 12.4. The van der Waals surface area contributed by atoms with Crippen molar-refractivity contribution in [3.05, 3.63) is 35.4 Å². The first kappa shape index (κ1) is 14.9. The summed E-state index contributed by atoms with van der Waals surface area (Å²) in [6, 6.07) is 8.80. The van der Waals surface area contributed by atoms with Crippen molar-refractivity contribution < 1.29 is 0 Å².